The quantitative estimate of drug-likeness (QED) is 0.444. The summed E-state index contributed by atoms with van der Waals surface area (Å²) in [5.74, 6) is 5.78. The molecule has 3 N–H and O–H groups in total. The summed E-state index contributed by atoms with van der Waals surface area (Å²) < 4.78 is 11.3. The molecule has 1 heterocycles. The van der Waals surface area contributed by atoms with Crippen molar-refractivity contribution in [3.63, 3.8) is 0 Å². The number of nitrogens with two attached hydrogens (primary N) is 1. The zero-order valence-electron chi connectivity index (χ0n) is 10.7. The summed E-state index contributed by atoms with van der Waals surface area (Å²) in [5, 5.41) is 0. The smallest absolute Gasteiger partial charge is 0.0925 e. The van der Waals surface area contributed by atoms with Gasteiger partial charge in [0.1, 0.15) is 0 Å². The van der Waals surface area contributed by atoms with Crippen LogP contribution in [0.15, 0.2) is 11.6 Å². The van der Waals surface area contributed by atoms with E-state index in [1.807, 2.05) is 0 Å². The second kappa shape index (κ2) is 5.96. The molecule has 1 aliphatic carbocycles. The number of allylic oxidation sites excluding steroid dienone is 1. The van der Waals surface area contributed by atoms with Crippen LogP contribution < -0.4 is 11.3 Å². The van der Waals surface area contributed by atoms with E-state index < -0.39 is 0 Å². The minimum atomic E-state index is -0.184. The highest BCUT2D eigenvalue weighted by molar-refractivity contribution is 5.19. The first kappa shape index (κ1) is 13.0. The van der Waals surface area contributed by atoms with Gasteiger partial charge in [0.2, 0.25) is 0 Å². The van der Waals surface area contributed by atoms with Crippen molar-refractivity contribution in [1.82, 2.24) is 5.43 Å². The average molecular weight is 240 g/mol. The number of rotatable bonds is 4. The third-order valence-corrected chi connectivity index (χ3v) is 4.14. The largest absolute Gasteiger partial charge is 0.381 e. The van der Waals surface area contributed by atoms with Crippen LogP contribution in [-0.2, 0) is 9.47 Å². The third kappa shape index (κ3) is 2.71. The summed E-state index contributed by atoms with van der Waals surface area (Å²) in [5.41, 5.74) is 4.22. The first-order valence-corrected chi connectivity index (χ1v) is 6.60. The van der Waals surface area contributed by atoms with Crippen molar-refractivity contribution in [2.45, 2.75) is 50.2 Å². The van der Waals surface area contributed by atoms with E-state index in [0.717, 1.165) is 32.5 Å². The monoisotopic (exact) mass is 240 g/mol. The van der Waals surface area contributed by atoms with Gasteiger partial charge in [-0.3, -0.25) is 11.3 Å². The van der Waals surface area contributed by atoms with Crippen LogP contribution in [-0.4, -0.2) is 32.0 Å². The number of hydrogen-bond donors (Lipinski definition) is 2. The summed E-state index contributed by atoms with van der Waals surface area (Å²) in [6.07, 6.45) is 9.03. The van der Waals surface area contributed by atoms with E-state index in [0.29, 0.717) is 0 Å². The van der Waals surface area contributed by atoms with Gasteiger partial charge in [-0.1, -0.05) is 11.6 Å². The fourth-order valence-electron chi connectivity index (χ4n) is 3.05. The zero-order chi connectivity index (χ0) is 12.1. The molecule has 4 heteroatoms. The van der Waals surface area contributed by atoms with Crippen LogP contribution in [0.1, 0.15) is 38.5 Å². The van der Waals surface area contributed by atoms with Crippen molar-refractivity contribution in [2.24, 2.45) is 5.84 Å². The van der Waals surface area contributed by atoms with Gasteiger partial charge in [0.05, 0.1) is 11.6 Å². The SMILES string of the molecule is COC1(C(NN)C2=CCCCC2)CCOCC1. The van der Waals surface area contributed by atoms with Gasteiger partial charge in [0.25, 0.3) is 0 Å². The number of hydrazine groups is 1. The summed E-state index contributed by atoms with van der Waals surface area (Å²) in [4.78, 5) is 0. The molecular weight excluding hydrogens is 216 g/mol. The van der Waals surface area contributed by atoms with Crippen molar-refractivity contribution >= 4 is 0 Å². The Morgan fingerprint density at radius 1 is 1.41 bits per heavy atom. The lowest BCUT2D eigenvalue weighted by Gasteiger charge is -2.43. The highest BCUT2D eigenvalue weighted by Crippen LogP contribution is 2.34. The fourth-order valence-corrected chi connectivity index (χ4v) is 3.05. The topological polar surface area (TPSA) is 56.5 Å². The highest BCUT2D eigenvalue weighted by Gasteiger charge is 2.41. The Kier molecular flexibility index (Phi) is 4.56. The van der Waals surface area contributed by atoms with Crippen molar-refractivity contribution in [3.8, 4) is 0 Å². The van der Waals surface area contributed by atoms with Crippen molar-refractivity contribution in [1.29, 1.82) is 0 Å². The van der Waals surface area contributed by atoms with E-state index in [9.17, 15) is 0 Å². The lowest BCUT2D eigenvalue weighted by molar-refractivity contribution is -0.104. The van der Waals surface area contributed by atoms with Crippen molar-refractivity contribution in [3.05, 3.63) is 11.6 Å². The number of methoxy groups -OCH3 is 1. The number of ether oxygens (including phenoxy) is 2. The van der Waals surface area contributed by atoms with Crippen LogP contribution in [0, 0.1) is 0 Å². The van der Waals surface area contributed by atoms with Gasteiger partial charge >= 0.3 is 0 Å². The van der Waals surface area contributed by atoms with Gasteiger partial charge in [-0.15, -0.1) is 0 Å². The lowest BCUT2D eigenvalue weighted by atomic mass is 9.79. The maximum Gasteiger partial charge on any atom is 0.0925 e. The van der Waals surface area contributed by atoms with E-state index in [1.54, 1.807) is 7.11 Å². The van der Waals surface area contributed by atoms with Crippen LogP contribution in [0.25, 0.3) is 0 Å². The van der Waals surface area contributed by atoms with Gasteiger partial charge in [-0.2, -0.15) is 0 Å². The Balaban J connectivity index is 2.16. The van der Waals surface area contributed by atoms with E-state index >= 15 is 0 Å². The van der Waals surface area contributed by atoms with E-state index in [1.165, 1.54) is 24.8 Å². The second-order valence-corrected chi connectivity index (χ2v) is 5.01. The summed E-state index contributed by atoms with van der Waals surface area (Å²) >= 11 is 0. The molecule has 0 bridgehead atoms. The minimum Gasteiger partial charge on any atom is -0.381 e. The number of hydrogen-bond acceptors (Lipinski definition) is 4. The van der Waals surface area contributed by atoms with Crippen LogP contribution in [0.4, 0.5) is 0 Å². The Bertz CT molecular complexity index is 273. The molecule has 1 aliphatic heterocycles. The Morgan fingerprint density at radius 2 is 2.18 bits per heavy atom. The first-order valence-electron chi connectivity index (χ1n) is 6.60. The van der Waals surface area contributed by atoms with Gasteiger partial charge < -0.3 is 9.47 Å². The normalized spacial score (nSPS) is 26.4. The maximum absolute atomic E-state index is 5.82. The van der Waals surface area contributed by atoms with E-state index in [-0.39, 0.29) is 11.6 Å². The van der Waals surface area contributed by atoms with Gasteiger partial charge in [-0.05, 0) is 25.7 Å². The molecular formula is C13H24N2O2. The van der Waals surface area contributed by atoms with Gasteiger partial charge in [0.15, 0.2) is 0 Å². The molecule has 2 rings (SSSR count). The summed E-state index contributed by atoms with van der Waals surface area (Å²) in [7, 11) is 1.79. The summed E-state index contributed by atoms with van der Waals surface area (Å²) in [6.45, 7) is 1.53. The minimum absolute atomic E-state index is 0.136. The fraction of sp³-hybridized carbons (Fsp3) is 0.846. The standard InChI is InChI=1S/C13H24N2O2/c1-16-13(7-9-17-10-8-13)12(15-14)11-5-3-2-4-6-11/h5,12,15H,2-4,6-10,14H2,1H3. The molecule has 0 aromatic heterocycles. The second-order valence-electron chi connectivity index (χ2n) is 5.01. The highest BCUT2D eigenvalue weighted by atomic mass is 16.5. The molecule has 0 aromatic carbocycles. The predicted octanol–water partition coefficient (Wildman–Crippen LogP) is 1.51. The first-order chi connectivity index (χ1) is 8.32. The van der Waals surface area contributed by atoms with Gasteiger partial charge in [-0.25, -0.2) is 0 Å². The molecule has 1 fully saturated rings. The molecule has 1 atom stereocenters. The lowest BCUT2D eigenvalue weighted by Crippen LogP contribution is -2.58. The predicted molar refractivity (Wildman–Crippen MR) is 67.5 cm³/mol. The van der Waals surface area contributed by atoms with Crippen LogP contribution in [0.2, 0.25) is 0 Å². The molecule has 98 valence electrons. The van der Waals surface area contributed by atoms with Crippen LogP contribution in [0.5, 0.6) is 0 Å². The molecule has 0 saturated carbocycles. The molecule has 0 aromatic rings. The zero-order valence-corrected chi connectivity index (χ0v) is 10.7. The van der Waals surface area contributed by atoms with E-state index in [2.05, 4.69) is 11.5 Å². The Hall–Kier alpha value is -0.420. The Morgan fingerprint density at radius 3 is 2.71 bits per heavy atom. The van der Waals surface area contributed by atoms with Crippen molar-refractivity contribution in [2.75, 3.05) is 20.3 Å². The average Bonchev–Trinajstić information content (AvgIpc) is 2.42. The number of nitrogens with one attached hydrogen (secondary N) is 1. The molecule has 0 amide bonds. The summed E-state index contributed by atoms with van der Waals surface area (Å²) in [6, 6.07) is 0.136. The van der Waals surface area contributed by atoms with Gasteiger partial charge in [0, 0.05) is 33.2 Å². The molecule has 0 radical (unpaired) electrons. The third-order valence-electron chi connectivity index (χ3n) is 4.14. The molecule has 4 nitrogen and oxygen atoms in total. The Labute approximate surface area is 104 Å². The molecule has 17 heavy (non-hydrogen) atoms. The maximum atomic E-state index is 5.82. The van der Waals surface area contributed by atoms with E-state index in [4.69, 9.17) is 15.3 Å². The molecule has 2 aliphatic rings. The van der Waals surface area contributed by atoms with Crippen LogP contribution >= 0.6 is 0 Å². The van der Waals surface area contributed by atoms with Crippen molar-refractivity contribution < 1.29 is 9.47 Å². The molecule has 1 saturated heterocycles. The molecule has 1 unspecified atom stereocenters. The molecule has 0 spiro atoms. The van der Waals surface area contributed by atoms with Crippen LogP contribution in [0.3, 0.4) is 0 Å².